The molecule has 0 saturated heterocycles. The van der Waals surface area contributed by atoms with Gasteiger partial charge in [-0.3, -0.25) is 0 Å². The maximum absolute atomic E-state index is 12.9. The molecule has 1 unspecified atom stereocenters. The summed E-state index contributed by atoms with van der Waals surface area (Å²) in [4.78, 5) is 0. The lowest BCUT2D eigenvalue weighted by molar-refractivity contribution is -0.292. The molecule has 0 amide bonds. The molecule has 21 heavy (non-hydrogen) atoms. The van der Waals surface area contributed by atoms with Crippen LogP contribution in [-0.4, -0.2) is 18.9 Å². The van der Waals surface area contributed by atoms with E-state index >= 15 is 0 Å². The second kappa shape index (κ2) is 6.87. The van der Waals surface area contributed by atoms with Crippen LogP contribution < -0.4 is 5.32 Å². The zero-order valence-corrected chi connectivity index (χ0v) is 11.8. The number of benzene rings is 1. The molecule has 0 bridgehead atoms. The lowest BCUT2D eigenvalue weighted by atomic mass is 9.91. The first-order valence-electron chi connectivity index (χ1n) is 6.19. The van der Waals surface area contributed by atoms with Crippen LogP contribution in [0.4, 0.5) is 26.3 Å². The third kappa shape index (κ3) is 5.07. The van der Waals surface area contributed by atoms with Crippen molar-refractivity contribution in [2.45, 2.75) is 31.7 Å². The average Bonchev–Trinajstić information content (AvgIpc) is 2.32. The summed E-state index contributed by atoms with van der Waals surface area (Å²) < 4.78 is 77.2. The van der Waals surface area contributed by atoms with Crippen LogP contribution in [0.25, 0.3) is 0 Å². The highest BCUT2D eigenvalue weighted by Gasteiger charge is 2.60. The van der Waals surface area contributed by atoms with Crippen LogP contribution in [0.2, 0.25) is 5.02 Å². The zero-order chi connectivity index (χ0) is 16.3. The van der Waals surface area contributed by atoms with E-state index < -0.39 is 24.3 Å². The van der Waals surface area contributed by atoms with Gasteiger partial charge in [-0.25, -0.2) is 0 Å². The summed E-state index contributed by atoms with van der Waals surface area (Å²) in [6.07, 6.45) is -10.4. The fourth-order valence-electron chi connectivity index (χ4n) is 1.96. The number of hydrogen-bond acceptors (Lipinski definition) is 1. The van der Waals surface area contributed by atoms with E-state index in [0.717, 1.165) is 0 Å². The molecule has 1 rings (SSSR count). The summed E-state index contributed by atoms with van der Waals surface area (Å²) in [6, 6.07) is 2.96. The van der Waals surface area contributed by atoms with Crippen LogP contribution in [0, 0.1) is 5.92 Å². The smallest absolute Gasteiger partial charge is 0.309 e. The maximum atomic E-state index is 12.9. The Kier molecular flexibility index (Phi) is 5.92. The molecule has 0 fully saturated rings. The van der Waals surface area contributed by atoms with Gasteiger partial charge in [-0.15, -0.1) is 0 Å². The average molecular weight is 334 g/mol. The van der Waals surface area contributed by atoms with Crippen molar-refractivity contribution < 1.29 is 26.3 Å². The molecule has 1 nitrogen and oxygen atoms in total. The van der Waals surface area contributed by atoms with E-state index in [0.29, 0.717) is 6.42 Å². The molecule has 0 aliphatic carbocycles. The van der Waals surface area contributed by atoms with Gasteiger partial charge in [-0.05, 0) is 30.7 Å². The Bertz CT molecular complexity index is 425. The Balaban J connectivity index is 3.23. The highest BCUT2D eigenvalue weighted by molar-refractivity contribution is 6.30. The molecule has 1 aromatic carbocycles. The van der Waals surface area contributed by atoms with Gasteiger partial charge < -0.3 is 5.32 Å². The summed E-state index contributed by atoms with van der Waals surface area (Å²) in [5.74, 6) is -3.47. The number of halogens is 7. The van der Waals surface area contributed by atoms with Gasteiger partial charge in [0.1, 0.15) is 0 Å². The van der Waals surface area contributed by atoms with Crippen molar-refractivity contribution >= 4 is 11.6 Å². The Hall–Kier alpha value is -0.950. The van der Waals surface area contributed by atoms with Crippen molar-refractivity contribution in [3.63, 3.8) is 0 Å². The Morgan fingerprint density at radius 1 is 1.00 bits per heavy atom. The van der Waals surface area contributed by atoms with Crippen molar-refractivity contribution in [1.29, 1.82) is 0 Å². The van der Waals surface area contributed by atoms with E-state index in [1.54, 1.807) is 6.92 Å². The minimum absolute atomic E-state index is 0.0377. The molecular weight excluding hydrogens is 320 g/mol. The summed E-state index contributed by atoms with van der Waals surface area (Å²) in [5.41, 5.74) is -0.104. The SMILES string of the molecule is CCCNC(c1ccc(Cl)cc1)C(C(F)(F)F)C(F)(F)F. The lowest BCUT2D eigenvalue weighted by Crippen LogP contribution is -2.46. The predicted molar refractivity (Wildman–Crippen MR) is 68.1 cm³/mol. The van der Waals surface area contributed by atoms with Crippen molar-refractivity contribution in [3.05, 3.63) is 34.9 Å². The monoisotopic (exact) mass is 333 g/mol. The number of hydrogen-bond donors (Lipinski definition) is 1. The fourth-order valence-corrected chi connectivity index (χ4v) is 2.09. The summed E-state index contributed by atoms with van der Waals surface area (Å²) in [5, 5.41) is 2.57. The molecule has 0 radical (unpaired) electrons. The lowest BCUT2D eigenvalue weighted by Gasteiger charge is -2.31. The van der Waals surface area contributed by atoms with E-state index in [4.69, 9.17) is 11.6 Å². The van der Waals surface area contributed by atoms with Crippen molar-refractivity contribution in [1.82, 2.24) is 5.32 Å². The molecule has 8 heteroatoms. The molecule has 1 N–H and O–H groups in total. The third-order valence-electron chi connectivity index (χ3n) is 2.88. The van der Waals surface area contributed by atoms with Gasteiger partial charge in [0.25, 0.3) is 0 Å². The molecule has 120 valence electrons. The molecular formula is C13H14ClF6N. The molecule has 1 atom stereocenters. The van der Waals surface area contributed by atoms with Gasteiger partial charge in [-0.2, -0.15) is 26.3 Å². The summed E-state index contributed by atoms with van der Waals surface area (Å²) in [7, 11) is 0. The number of rotatable bonds is 5. The molecule has 0 spiro atoms. The Labute approximate surface area is 123 Å². The standard InChI is InChI=1S/C13H14ClF6N/c1-2-7-21-10(8-3-5-9(14)6-4-8)11(12(15,16)17)13(18,19)20/h3-6,10-11,21H,2,7H2,1H3. The van der Waals surface area contributed by atoms with Crippen LogP contribution in [0.15, 0.2) is 24.3 Å². The van der Waals surface area contributed by atoms with Gasteiger partial charge in [0.15, 0.2) is 5.92 Å². The van der Waals surface area contributed by atoms with Crippen molar-refractivity contribution in [2.75, 3.05) is 6.54 Å². The minimum Gasteiger partial charge on any atom is -0.309 e. The molecule has 0 saturated carbocycles. The van der Waals surface area contributed by atoms with E-state index in [9.17, 15) is 26.3 Å². The molecule has 0 aromatic heterocycles. The van der Waals surface area contributed by atoms with E-state index in [2.05, 4.69) is 5.32 Å². The van der Waals surface area contributed by atoms with Gasteiger partial charge in [0.2, 0.25) is 0 Å². The zero-order valence-electron chi connectivity index (χ0n) is 11.0. The highest BCUT2D eigenvalue weighted by Crippen LogP contribution is 2.46. The Morgan fingerprint density at radius 2 is 1.48 bits per heavy atom. The van der Waals surface area contributed by atoms with Gasteiger partial charge in [-0.1, -0.05) is 30.7 Å². The molecule has 0 aliphatic heterocycles. The first-order valence-corrected chi connectivity index (χ1v) is 6.57. The molecule has 0 heterocycles. The summed E-state index contributed by atoms with van der Waals surface area (Å²) >= 11 is 5.62. The first-order chi connectivity index (χ1) is 9.57. The van der Waals surface area contributed by atoms with Crippen LogP contribution in [0.3, 0.4) is 0 Å². The maximum Gasteiger partial charge on any atom is 0.402 e. The van der Waals surface area contributed by atoms with Gasteiger partial charge in [0, 0.05) is 5.02 Å². The van der Waals surface area contributed by atoms with Gasteiger partial charge in [0.05, 0.1) is 6.04 Å². The van der Waals surface area contributed by atoms with Crippen LogP contribution in [0.5, 0.6) is 0 Å². The van der Waals surface area contributed by atoms with Crippen LogP contribution in [-0.2, 0) is 0 Å². The fraction of sp³-hybridized carbons (Fsp3) is 0.538. The van der Waals surface area contributed by atoms with Crippen LogP contribution >= 0.6 is 11.6 Å². The quantitative estimate of drug-likeness (QED) is 0.737. The van der Waals surface area contributed by atoms with E-state index in [1.807, 2.05) is 0 Å². The van der Waals surface area contributed by atoms with Crippen molar-refractivity contribution in [2.24, 2.45) is 5.92 Å². The third-order valence-corrected chi connectivity index (χ3v) is 3.13. The summed E-state index contributed by atoms with van der Waals surface area (Å²) in [6.45, 7) is 1.69. The Morgan fingerprint density at radius 3 is 1.86 bits per heavy atom. The number of alkyl halides is 6. The first kappa shape index (κ1) is 18.1. The second-order valence-corrected chi connectivity index (χ2v) is 4.98. The predicted octanol–water partition coefficient (Wildman–Crippen LogP) is 5.12. The minimum atomic E-state index is -5.40. The molecule has 1 aromatic rings. The van der Waals surface area contributed by atoms with E-state index in [-0.39, 0.29) is 17.1 Å². The topological polar surface area (TPSA) is 12.0 Å². The number of nitrogens with one attached hydrogen (secondary N) is 1. The van der Waals surface area contributed by atoms with Gasteiger partial charge >= 0.3 is 12.4 Å². The van der Waals surface area contributed by atoms with Crippen molar-refractivity contribution in [3.8, 4) is 0 Å². The largest absolute Gasteiger partial charge is 0.402 e. The highest BCUT2D eigenvalue weighted by atomic mass is 35.5. The van der Waals surface area contributed by atoms with Crippen LogP contribution in [0.1, 0.15) is 24.9 Å². The molecule has 0 aliphatic rings. The normalized spacial score (nSPS) is 14.5. The van der Waals surface area contributed by atoms with E-state index in [1.165, 1.54) is 24.3 Å². The second-order valence-electron chi connectivity index (χ2n) is 4.54.